The summed E-state index contributed by atoms with van der Waals surface area (Å²) >= 11 is 0. The Balaban J connectivity index is 2.20. The van der Waals surface area contributed by atoms with Crippen molar-refractivity contribution in [2.45, 2.75) is 51.0 Å². The Hall–Kier alpha value is -1.13. The van der Waals surface area contributed by atoms with Crippen LogP contribution in [-0.4, -0.2) is 22.0 Å². The first-order chi connectivity index (χ1) is 7.55. The molecule has 0 saturated heterocycles. The molecule has 2 rings (SSSR count). The number of hydrogen-bond donors (Lipinski definition) is 1. The van der Waals surface area contributed by atoms with Crippen molar-refractivity contribution in [1.29, 1.82) is 0 Å². The third-order valence-electron chi connectivity index (χ3n) is 4.32. The second-order valence-electron chi connectivity index (χ2n) is 5.20. The van der Waals surface area contributed by atoms with E-state index in [4.69, 9.17) is 5.11 Å². The second-order valence-corrected chi connectivity index (χ2v) is 5.20. The van der Waals surface area contributed by atoms with Crippen molar-refractivity contribution in [3.63, 3.8) is 0 Å². The van der Waals surface area contributed by atoms with Gasteiger partial charge in [-0.05, 0) is 19.3 Å². The molecule has 0 aromatic heterocycles. The molecule has 0 amide bonds. The first-order valence-corrected chi connectivity index (χ1v) is 5.91. The molecule has 0 aliphatic heterocycles. The van der Waals surface area contributed by atoms with E-state index in [9.17, 15) is 14.9 Å². The molecular formula is C11H17NO4. The molecular weight excluding hydrogens is 210 g/mol. The number of carbonyl (C=O) groups is 1. The first kappa shape index (κ1) is 11.4. The molecule has 0 bridgehead atoms. The molecule has 5 nitrogen and oxygen atoms in total. The van der Waals surface area contributed by atoms with Crippen molar-refractivity contribution in [2.24, 2.45) is 11.3 Å². The largest absolute Gasteiger partial charge is 0.481 e. The third kappa shape index (κ3) is 1.79. The van der Waals surface area contributed by atoms with Crippen LogP contribution in [0.25, 0.3) is 0 Å². The summed E-state index contributed by atoms with van der Waals surface area (Å²) in [6, 6.07) is -0.631. The molecule has 1 spiro atoms. The van der Waals surface area contributed by atoms with E-state index < -0.39 is 17.9 Å². The van der Waals surface area contributed by atoms with Crippen molar-refractivity contribution < 1.29 is 14.8 Å². The highest BCUT2D eigenvalue weighted by molar-refractivity contribution is 5.70. The fourth-order valence-corrected chi connectivity index (χ4v) is 3.52. The number of carboxylic acid groups (broad SMARTS) is 1. The van der Waals surface area contributed by atoms with Crippen LogP contribution in [0.5, 0.6) is 0 Å². The van der Waals surface area contributed by atoms with E-state index in [1.54, 1.807) is 0 Å². The molecule has 2 unspecified atom stereocenters. The molecule has 2 aliphatic rings. The average molecular weight is 227 g/mol. The third-order valence-corrected chi connectivity index (χ3v) is 4.32. The van der Waals surface area contributed by atoms with Crippen molar-refractivity contribution in [2.75, 3.05) is 0 Å². The van der Waals surface area contributed by atoms with Crippen LogP contribution in [0, 0.1) is 21.4 Å². The molecule has 1 N–H and O–H groups in total. The number of hydrogen-bond acceptors (Lipinski definition) is 3. The Morgan fingerprint density at radius 3 is 2.44 bits per heavy atom. The summed E-state index contributed by atoms with van der Waals surface area (Å²) in [6.45, 7) is 0. The number of carboxylic acids is 1. The van der Waals surface area contributed by atoms with E-state index in [0.717, 1.165) is 32.1 Å². The average Bonchev–Trinajstić information content (AvgIpc) is 2.59. The molecule has 2 saturated carbocycles. The number of nitro groups is 1. The van der Waals surface area contributed by atoms with Crippen molar-refractivity contribution in [3.8, 4) is 0 Å². The zero-order chi connectivity index (χ0) is 11.8. The van der Waals surface area contributed by atoms with Gasteiger partial charge in [-0.2, -0.15) is 0 Å². The van der Waals surface area contributed by atoms with Gasteiger partial charge < -0.3 is 5.11 Å². The minimum absolute atomic E-state index is 0.225. The summed E-state index contributed by atoms with van der Waals surface area (Å²) in [6.07, 6.45) is 5.55. The predicted molar refractivity (Wildman–Crippen MR) is 56.7 cm³/mol. The van der Waals surface area contributed by atoms with Gasteiger partial charge in [-0.1, -0.05) is 19.3 Å². The highest BCUT2D eigenvalue weighted by atomic mass is 16.6. The minimum atomic E-state index is -0.866. The summed E-state index contributed by atoms with van der Waals surface area (Å²) in [7, 11) is 0. The Bertz CT molecular complexity index is 309. The Kier molecular flexibility index (Phi) is 2.86. The monoisotopic (exact) mass is 227 g/mol. The van der Waals surface area contributed by atoms with Crippen LogP contribution in [0.4, 0.5) is 0 Å². The lowest BCUT2D eigenvalue weighted by Gasteiger charge is -2.34. The predicted octanol–water partition coefficient (Wildman–Crippen LogP) is 2.08. The van der Waals surface area contributed by atoms with Crippen LogP contribution in [0.3, 0.4) is 0 Å². The van der Waals surface area contributed by atoms with E-state index in [-0.39, 0.29) is 16.8 Å². The van der Waals surface area contributed by atoms with Crippen molar-refractivity contribution in [1.82, 2.24) is 0 Å². The SMILES string of the molecule is O=C(O)C1CC([N+](=O)[O-])C2(CCCCC2)C1. The van der Waals surface area contributed by atoms with Gasteiger partial charge in [-0.25, -0.2) is 0 Å². The summed E-state index contributed by atoms with van der Waals surface area (Å²) in [4.78, 5) is 21.8. The first-order valence-electron chi connectivity index (χ1n) is 5.91. The van der Waals surface area contributed by atoms with Crippen LogP contribution in [-0.2, 0) is 4.79 Å². The van der Waals surface area contributed by atoms with Crippen molar-refractivity contribution in [3.05, 3.63) is 10.1 Å². The Morgan fingerprint density at radius 2 is 1.94 bits per heavy atom. The van der Waals surface area contributed by atoms with Crippen molar-refractivity contribution >= 4 is 5.97 Å². The van der Waals surface area contributed by atoms with E-state index >= 15 is 0 Å². The summed E-state index contributed by atoms with van der Waals surface area (Å²) < 4.78 is 0. The molecule has 0 aromatic rings. The standard InChI is InChI=1S/C11H17NO4/c13-10(14)8-6-9(12(15)16)11(7-8)4-2-1-3-5-11/h8-9H,1-7H2,(H,13,14). The fraction of sp³-hybridized carbons (Fsp3) is 0.909. The maximum absolute atomic E-state index is 11.1. The highest BCUT2D eigenvalue weighted by Gasteiger charge is 2.55. The number of nitrogens with zero attached hydrogens (tertiary/aromatic N) is 1. The second kappa shape index (κ2) is 4.03. The van der Waals surface area contributed by atoms with Crippen LogP contribution in [0.15, 0.2) is 0 Å². The van der Waals surface area contributed by atoms with Gasteiger partial charge in [-0.3, -0.25) is 14.9 Å². The van der Waals surface area contributed by atoms with Gasteiger partial charge in [0.05, 0.1) is 5.92 Å². The molecule has 0 aromatic carbocycles. The lowest BCUT2D eigenvalue weighted by molar-refractivity contribution is -0.540. The van der Waals surface area contributed by atoms with E-state index in [1.807, 2.05) is 0 Å². The molecule has 16 heavy (non-hydrogen) atoms. The minimum Gasteiger partial charge on any atom is -0.481 e. The molecule has 0 heterocycles. The molecule has 0 radical (unpaired) electrons. The molecule has 2 fully saturated rings. The van der Waals surface area contributed by atoms with Gasteiger partial charge in [0.15, 0.2) is 0 Å². The van der Waals surface area contributed by atoms with Crippen LogP contribution in [0.2, 0.25) is 0 Å². The van der Waals surface area contributed by atoms with E-state index in [2.05, 4.69) is 0 Å². The summed E-state index contributed by atoms with van der Waals surface area (Å²) in [5, 5.41) is 20.1. The molecule has 2 aliphatic carbocycles. The number of aliphatic carboxylic acids is 1. The van der Waals surface area contributed by atoms with Crippen LogP contribution >= 0.6 is 0 Å². The zero-order valence-electron chi connectivity index (χ0n) is 9.22. The van der Waals surface area contributed by atoms with Gasteiger partial charge in [0, 0.05) is 16.8 Å². The fourth-order valence-electron chi connectivity index (χ4n) is 3.52. The van der Waals surface area contributed by atoms with Gasteiger partial charge in [0.1, 0.15) is 0 Å². The maximum atomic E-state index is 11.1. The lowest BCUT2D eigenvalue weighted by Crippen LogP contribution is -2.37. The lowest BCUT2D eigenvalue weighted by atomic mass is 9.70. The van der Waals surface area contributed by atoms with Gasteiger partial charge >= 0.3 is 5.97 Å². The Labute approximate surface area is 94.0 Å². The summed E-state index contributed by atoms with van der Waals surface area (Å²) in [5.41, 5.74) is -0.315. The molecule has 2 atom stereocenters. The highest BCUT2D eigenvalue weighted by Crippen LogP contribution is 2.52. The maximum Gasteiger partial charge on any atom is 0.306 e. The van der Waals surface area contributed by atoms with Crippen LogP contribution in [0.1, 0.15) is 44.9 Å². The zero-order valence-corrected chi connectivity index (χ0v) is 9.22. The van der Waals surface area contributed by atoms with E-state index in [1.165, 1.54) is 0 Å². The topological polar surface area (TPSA) is 80.4 Å². The Morgan fingerprint density at radius 1 is 1.31 bits per heavy atom. The van der Waals surface area contributed by atoms with Gasteiger partial charge in [0.2, 0.25) is 6.04 Å². The van der Waals surface area contributed by atoms with Gasteiger partial charge in [0.25, 0.3) is 0 Å². The normalized spacial score (nSPS) is 32.8. The van der Waals surface area contributed by atoms with Gasteiger partial charge in [-0.15, -0.1) is 0 Å². The quantitative estimate of drug-likeness (QED) is 0.578. The molecule has 90 valence electrons. The molecule has 5 heteroatoms. The summed E-state index contributed by atoms with van der Waals surface area (Å²) in [5.74, 6) is -1.37. The van der Waals surface area contributed by atoms with E-state index in [0.29, 0.717) is 6.42 Å². The smallest absolute Gasteiger partial charge is 0.306 e. The number of rotatable bonds is 2. The van der Waals surface area contributed by atoms with Crippen LogP contribution < -0.4 is 0 Å².